The molecule has 9 aromatic rings. The van der Waals surface area contributed by atoms with Gasteiger partial charge in [-0.1, -0.05) is 123 Å². The van der Waals surface area contributed by atoms with Gasteiger partial charge in [-0.2, -0.15) is 17.6 Å². The van der Waals surface area contributed by atoms with Crippen LogP contribution in [0.3, 0.4) is 0 Å². The van der Waals surface area contributed by atoms with Gasteiger partial charge in [0.15, 0.2) is 64.3 Å². The van der Waals surface area contributed by atoms with Crippen LogP contribution in [0.15, 0.2) is 299 Å². The van der Waals surface area contributed by atoms with Gasteiger partial charge < -0.3 is 56.5 Å². The minimum absolute atomic E-state index is 0.102. The minimum atomic E-state index is -6.15. The van der Waals surface area contributed by atoms with E-state index in [1.807, 2.05) is 93.6 Å². The summed E-state index contributed by atoms with van der Waals surface area (Å²) in [6.45, 7) is 24.0. The molecule has 0 aliphatic rings. The van der Waals surface area contributed by atoms with Gasteiger partial charge in [0.1, 0.15) is 60.5 Å². The summed E-state index contributed by atoms with van der Waals surface area (Å²) < 4.78 is 160. The van der Waals surface area contributed by atoms with Crippen LogP contribution in [0.1, 0.15) is 117 Å². The maximum atomic E-state index is 12.7. The molecule has 0 fully saturated rings. The van der Waals surface area contributed by atoms with Crippen LogP contribution < -0.4 is 14.2 Å². The fourth-order valence-electron chi connectivity index (χ4n) is 9.26. The highest BCUT2D eigenvalue weighted by molar-refractivity contribution is 7.97. The van der Waals surface area contributed by atoms with E-state index in [2.05, 4.69) is 222 Å². The van der Waals surface area contributed by atoms with Crippen LogP contribution in [0.2, 0.25) is 0 Å². The van der Waals surface area contributed by atoms with E-state index in [1.165, 1.54) is 39.2 Å². The van der Waals surface area contributed by atoms with E-state index in [1.54, 1.807) is 62.3 Å². The standard InChI is InChI=1S/C24H25O4S.C23H23O3S.C22H23OS.2C10H16F2O7S/c1-24(2,3)28-23(25)27-18-26-19-14-16-22(17-15-19)29(20-10-6-4-7-11-20)21-12-8-5-9-13-21;1-23(2,3)26-22(24)25-18-14-16-21(17-15-18)27(19-10-6-4-7-11-19)20-12-8-5-9-13-20;1-22(2,3)23-18-14-16-21(17-15-18)24(19-10-6-4-7-11-19)20-12-8-5-9-13-20;2*1-4-9(2,3)7(13)18-5-6-19-8(14)10(11,12)20(15,16)17/h4-17H,18H2,1-3H3;4-17H,1-3H3;4-17H,1-3H3;2*4-6H2,1-3H3,(H,15,16,17)/q3*+1;;/p-2. The predicted molar refractivity (Wildman–Crippen MR) is 446 cm³/mol. The first-order chi connectivity index (χ1) is 56.1. The van der Waals surface area contributed by atoms with Gasteiger partial charge >= 0.3 is 46.7 Å². The molecule has 0 aliphatic carbocycles. The summed E-state index contributed by atoms with van der Waals surface area (Å²) >= 11 is 0. The Morgan fingerprint density at radius 3 is 0.783 bits per heavy atom. The second-order valence-corrected chi connectivity index (χ2v) is 38.7. The quantitative estimate of drug-likeness (QED) is 0.00643. The third-order valence-electron chi connectivity index (χ3n) is 15.9. The average Bonchev–Trinajstić information content (AvgIpc) is 0.822. The van der Waals surface area contributed by atoms with Crippen molar-refractivity contribution in [2.45, 2.75) is 188 Å². The number of ether oxygens (including phenoxy) is 10. The van der Waals surface area contributed by atoms with E-state index < -0.39 is 115 Å². The molecule has 0 heterocycles. The van der Waals surface area contributed by atoms with E-state index >= 15 is 0 Å². The Labute approximate surface area is 708 Å². The number of carbonyl (C=O) groups is 6. The van der Waals surface area contributed by atoms with Crippen LogP contribution in [0.25, 0.3) is 0 Å². The first-order valence-corrected chi connectivity index (χ1v) is 43.9. The molecule has 646 valence electrons. The van der Waals surface area contributed by atoms with Crippen molar-refractivity contribution in [2.75, 3.05) is 33.2 Å². The molecule has 9 rings (SSSR count). The van der Waals surface area contributed by atoms with Gasteiger partial charge in [0.2, 0.25) is 6.79 Å². The van der Waals surface area contributed by atoms with Gasteiger partial charge in [0.25, 0.3) is 0 Å². The lowest BCUT2D eigenvalue weighted by Crippen LogP contribution is -2.39. The van der Waals surface area contributed by atoms with Gasteiger partial charge in [0, 0.05) is 0 Å². The zero-order valence-corrected chi connectivity index (χ0v) is 73.3. The Bertz CT molecular complexity index is 4700. The van der Waals surface area contributed by atoms with Gasteiger partial charge in [-0.25, -0.2) is 36.0 Å². The summed E-state index contributed by atoms with van der Waals surface area (Å²) in [5.41, 5.74) is -2.92. The van der Waals surface area contributed by atoms with Crippen molar-refractivity contribution in [2.24, 2.45) is 10.8 Å². The molecule has 0 radical (unpaired) electrons. The van der Waals surface area contributed by atoms with Crippen LogP contribution in [0, 0.1) is 10.8 Å². The normalized spacial score (nSPS) is 11.8. The van der Waals surface area contributed by atoms with E-state index in [4.69, 9.17) is 28.4 Å². The third kappa shape index (κ3) is 33.7. The molecular weight excluding hydrogens is 1660 g/mol. The fraction of sp³-hybridized carbons (Fsp3) is 0.326. The lowest BCUT2D eigenvalue weighted by molar-refractivity contribution is -0.167. The second-order valence-electron chi connectivity index (χ2n) is 29.8. The highest BCUT2D eigenvalue weighted by atomic mass is 32.2. The van der Waals surface area contributed by atoms with Crippen LogP contribution in [-0.2, 0) is 105 Å². The summed E-state index contributed by atoms with van der Waals surface area (Å²) in [5.74, 6) is -4.24. The molecule has 0 N–H and O–H groups in total. The lowest BCUT2D eigenvalue weighted by atomic mass is 9.91. The minimum Gasteiger partial charge on any atom is -0.743 e. The molecule has 0 bridgehead atoms. The molecule has 0 spiro atoms. The molecule has 0 saturated heterocycles. The molecule has 0 aromatic heterocycles. The highest BCUT2D eigenvalue weighted by Gasteiger charge is 2.50. The molecular formula is C89H101F4O22S5+. The number of alkyl halides is 4. The van der Waals surface area contributed by atoms with Crippen molar-refractivity contribution in [3.8, 4) is 17.2 Å². The zero-order valence-electron chi connectivity index (χ0n) is 69.2. The van der Waals surface area contributed by atoms with E-state index in [-0.39, 0.29) is 45.1 Å². The Kier molecular flexibility index (Phi) is 38.3. The fourth-order valence-corrected chi connectivity index (χ4v) is 16.0. The monoisotopic (exact) mass is 1760 g/mol. The van der Waals surface area contributed by atoms with Crippen LogP contribution in [0.5, 0.6) is 17.2 Å². The molecule has 31 heteroatoms. The number of rotatable bonds is 28. The molecule has 120 heavy (non-hydrogen) atoms. The number of benzene rings is 9. The van der Waals surface area contributed by atoms with Crippen molar-refractivity contribution in [3.05, 3.63) is 255 Å². The highest BCUT2D eigenvalue weighted by Crippen LogP contribution is 2.37. The van der Waals surface area contributed by atoms with Crippen LogP contribution >= 0.6 is 0 Å². The summed E-state index contributed by atoms with van der Waals surface area (Å²) in [4.78, 5) is 79.0. The van der Waals surface area contributed by atoms with Crippen molar-refractivity contribution < 1.29 is 120 Å². The van der Waals surface area contributed by atoms with Crippen molar-refractivity contribution in [3.63, 3.8) is 0 Å². The number of hydrogen-bond acceptors (Lipinski definition) is 22. The smallest absolute Gasteiger partial charge is 0.514 e. The molecule has 0 saturated carbocycles. The lowest BCUT2D eigenvalue weighted by Gasteiger charge is -2.21. The largest absolute Gasteiger partial charge is 0.743 e. The second kappa shape index (κ2) is 45.8. The first-order valence-electron chi connectivity index (χ1n) is 37.4. The third-order valence-corrected chi connectivity index (χ3v) is 24.2. The van der Waals surface area contributed by atoms with E-state index in [0.29, 0.717) is 24.3 Å². The Morgan fingerprint density at radius 1 is 0.308 bits per heavy atom. The van der Waals surface area contributed by atoms with Crippen molar-refractivity contribution in [1.29, 1.82) is 0 Å². The topological polar surface area (TPSA) is 309 Å². The Morgan fingerprint density at radius 2 is 0.542 bits per heavy atom. The van der Waals surface area contributed by atoms with Gasteiger partial charge in [-0.3, -0.25) is 9.59 Å². The molecule has 22 nitrogen and oxygen atoms in total. The zero-order chi connectivity index (χ0) is 89.3. The molecule has 0 aliphatic heterocycles. The summed E-state index contributed by atoms with van der Waals surface area (Å²) in [6, 6.07) is 87.1. The SMILES string of the molecule is CC(C)(C)OC(=O)OCOc1ccc([S+](c2ccccc2)c2ccccc2)cc1.CC(C)(C)OC(=O)Oc1ccc([S+](c2ccccc2)c2ccccc2)cc1.CC(C)(C)Oc1ccc([S+](c2ccccc2)c2ccccc2)cc1.CCC(C)(C)C(=O)OCCOC(=O)C(F)(F)S(=O)(=O)[O-].CCC(C)(C)C(=O)OCCOC(=O)C(F)(F)S(=O)(=O)[O-]. The number of hydrogen-bond donors (Lipinski definition) is 0. The van der Waals surface area contributed by atoms with E-state index in [9.17, 15) is 72.3 Å². The summed E-state index contributed by atoms with van der Waals surface area (Å²) in [6.07, 6.45) is -0.500. The number of carbonyl (C=O) groups excluding carboxylic acids is 6. The predicted octanol–water partition coefficient (Wildman–Crippen LogP) is 19.4. The van der Waals surface area contributed by atoms with Gasteiger partial charge in [-0.05, 0) is 248 Å². The van der Waals surface area contributed by atoms with Gasteiger partial charge in [0.05, 0.1) is 43.5 Å². The molecule has 0 unspecified atom stereocenters. The Hall–Kier alpha value is -10.4. The van der Waals surface area contributed by atoms with E-state index in [0.717, 1.165) is 10.6 Å². The first kappa shape index (κ1) is 100. The van der Waals surface area contributed by atoms with Crippen LogP contribution in [-0.4, -0.2) is 123 Å². The summed E-state index contributed by atoms with van der Waals surface area (Å²) in [7, 11) is -12.8. The number of esters is 4. The van der Waals surface area contributed by atoms with Crippen molar-refractivity contribution >= 4 is 89.1 Å². The maximum Gasteiger partial charge on any atom is 0.514 e. The van der Waals surface area contributed by atoms with Crippen molar-refractivity contribution in [1.82, 2.24) is 0 Å². The maximum absolute atomic E-state index is 12.7. The summed E-state index contributed by atoms with van der Waals surface area (Å²) in [5, 5.41) is -10.3. The molecule has 0 atom stereocenters. The Balaban J connectivity index is 0.000000269. The molecule has 0 amide bonds. The van der Waals surface area contributed by atoms with Crippen LogP contribution in [0.4, 0.5) is 27.2 Å². The van der Waals surface area contributed by atoms with Gasteiger partial charge in [-0.15, -0.1) is 0 Å². The average molecular weight is 1760 g/mol. The molecule has 9 aromatic carbocycles. The number of halogens is 4.